The van der Waals surface area contributed by atoms with Crippen LogP contribution in [0.15, 0.2) is 16.6 Å². The number of nitrogens with two attached hydrogens (primary N) is 1. The van der Waals surface area contributed by atoms with E-state index < -0.39 is 0 Å². The summed E-state index contributed by atoms with van der Waals surface area (Å²) in [6.45, 7) is 0.697. The summed E-state index contributed by atoms with van der Waals surface area (Å²) in [6.07, 6.45) is 6.19. The van der Waals surface area contributed by atoms with Crippen LogP contribution in [0.4, 0.5) is 0 Å². The normalized spacial score (nSPS) is 16.4. The van der Waals surface area contributed by atoms with Crippen LogP contribution >= 0.6 is 15.9 Å². The molecule has 0 aromatic heterocycles. The molecule has 3 heteroatoms. The number of benzene rings is 1. The fraction of sp³-hybridized carbons (Fsp3) is 0.571. The van der Waals surface area contributed by atoms with E-state index in [1.54, 1.807) is 7.11 Å². The summed E-state index contributed by atoms with van der Waals surface area (Å²) in [5, 5.41) is 0. The average molecular weight is 298 g/mol. The summed E-state index contributed by atoms with van der Waals surface area (Å²) in [5.74, 6) is 1.68. The van der Waals surface area contributed by atoms with Crippen LogP contribution in [0.25, 0.3) is 0 Å². The molecular weight excluding hydrogens is 278 g/mol. The third kappa shape index (κ3) is 2.83. The van der Waals surface area contributed by atoms with Crippen molar-refractivity contribution in [3.05, 3.63) is 27.7 Å². The first kappa shape index (κ1) is 12.9. The molecule has 2 N–H and O–H groups in total. The summed E-state index contributed by atoms with van der Waals surface area (Å²) in [4.78, 5) is 0. The number of rotatable bonds is 4. The van der Waals surface area contributed by atoms with Crippen LogP contribution in [-0.2, 0) is 6.42 Å². The number of hydrogen-bond acceptors (Lipinski definition) is 2. The molecule has 0 radical (unpaired) electrons. The molecule has 1 aliphatic carbocycles. The number of ether oxygens (including phenoxy) is 1. The monoisotopic (exact) mass is 297 g/mol. The van der Waals surface area contributed by atoms with Gasteiger partial charge in [0, 0.05) is 0 Å². The summed E-state index contributed by atoms with van der Waals surface area (Å²) >= 11 is 3.61. The first-order valence-electron chi connectivity index (χ1n) is 6.32. The van der Waals surface area contributed by atoms with Gasteiger partial charge in [-0.2, -0.15) is 0 Å². The van der Waals surface area contributed by atoms with Gasteiger partial charge in [-0.1, -0.05) is 18.9 Å². The quantitative estimate of drug-likeness (QED) is 0.921. The minimum Gasteiger partial charge on any atom is -0.495 e. The van der Waals surface area contributed by atoms with Crippen molar-refractivity contribution < 1.29 is 4.74 Å². The number of hydrogen-bond donors (Lipinski definition) is 1. The van der Waals surface area contributed by atoms with Gasteiger partial charge in [0.05, 0.1) is 11.6 Å². The van der Waals surface area contributed by atoms with E-state index in [-0.39, 0.29) is 0 Å². The van der Waals surface area contributed by atoms with Crippen LogP contribution < -0.4 is 10.5 Å². The lowest BCUT2D eigenvalue weighted by atomic mass is 9.94. The maximum absolute atomic E-state index is 5.64. The molecule has 2 rings (SSSR count). The molecule has 0 bridgehead atoms. The number of methoxy groups -OCH3 is 1. The molecule has 17 heavy (non-hydrogen) atoms. The van der Waals surface area contributed by atoms with Gasteiger partial charge in [0.2, 0.25) is 0 Å². The maximum Gasteiger partial charge on any atom is 0.136 e. The van der Waals surface area contributed by atoms with Crippen LogP contribution in [0, 0.1) is 0 Å². The van der Waals surface area contributed by atoms with Crippen LogP contribution in [-0.4, -0.2) is 13.7 Å². The van der Waals surface area contributed by atoms with E-state index in [0.29, 0.717) is 12.5 Å². The van der Waals surface area contributed by atoms with Crippen molar-refractivity contribution in [2.75, 3.05) is 13.7 Å². The van der Waals surface area contributed by atoms with Crippen molar-refractivity contribution in [2.24, 2.45) is 5.73 Å². The molecule has 0 aliphatic heterocycles. The largest absolute Gasteiger partial charge is 0.495 e. The second-order valence-electron chi connectivity index (χ2n) is 4.72. The molecule has 94 valence electrons. The highest BCUT2D eigenvalue weighted by atomic mass is 79.9. The zero-order valence-electron chi connectivity index (χ0n) is 10.3. The molecular formula is C14H20BrNO. The fourth-order valence-corrected chi connectivity index (χ4v) is 3.42. The van der Waals surface area contributed by atoms with E-state index in [9.17, 15) is 0 Å². The molecule has 0 saturated heterocycles. The van der Waals surface area contributed by atoms with Crippen LogP contribution in [0.3, 0.4) is 0 Å². The molecule has 1 aromatic rings. The standard InChI is InChI=1S/C14H20BrNO/c1-17-14-12(11-4-2-3-5-11)8-10(6-7-16)9-13(14)15/h8-9,11H,2-7,16H2,1H3. The summed E-state index contributed by atoms with van der Waals surface area (Å²) in [5.41, 5.74) is 8.31. The minimum atomic E-state index is 0.666. The summed E-state index contributed by atoms with van der Waals surface area (Å²) in [6, 6.07) is 4.41. The van der Waals surface area contributed by atoms with Gasteiger partial charge in [-0.15, -0.1) is 0 Å². The number of halogens is 1. The second kappa shape index (κ2) is 5.87. The van der Waals surface area contributed by atoms with Crippen molar-refractivity contribution in [3.8, 4) is 5.75 Å². The Morgan fingerprint density at radius 2 is 2.06 bits per heavy atom. The lowest BCUT2D eigenvalue weighted by molar-refractivity contribution is 0.402. The Morgan fingerprint density at radius 3 is 2.65 bits per heavy atom. The maximum atomic E-state index is 5.64. The molecule has 0 atom stereocenters. The Bertz CT molecular complexity index is 386. The summed E-state index contributed by atoms with van der Waals surface area (Å²) in [7, 11) is 1.75. The van der Waals surface area contributed by atoms with E-state index in [4.69, 9.17) is 10.5 Å². The van der Waals surface area contributed by atoms with Gasteiger partial charge in [-0.3, -0.25) is 0 Å². The molecule has 1 saturated carbocycles. The summed E-state index contributed by atoms with van der Waals surface area (Å²) < 4.78 is 6.61. The first-order chi connectivity index (χ1) is 8.26. The highest BCUT2D eigenvalue weighted by molar-refractivity contribution is 9.10. The second-order valence-corrected chi connectivity index (χ2v) is 5.57. The van der Waals surface area contributed by atoms with Crippen LogP contribution in [0.5, 0.6) is 5.75 Å². The van der Waals surface area contributed by atoms with E-state index in [0.717, 1.165) is 16.6 Å². The topological polar surface area (TPSA) is 35.2 Å². The van der Waals surface area contributed by atoms with Gasteiger partial charge in [-0.05, 0) is 64.8 Å². The molecule has 2 nitrogen and oxygen atoms in total. The third-order valence-corrected chi connectivity index (χ3v) is 4.15. The minimum absolute atomic E-state index is 0.666. The van der Waals surface area contributed by atoms with Crippen molar-refractivity contribution in [1.29, 1.82) is 0 Å². The lowest BCUT2D eigenvalue weighted by Gasteiger charge is -2.17. The van der Waals surface area contributed by atoms with Gasteiger partial charge in [0.25, 0.3) is 0 Å². The zero-order valence-corrected chi connectivity index (χ0v) is 11.9. The highest BCUT2D eigenvalue weighted by Gasteiger charge is 2.22. The van der Waals surface area contributed by atoms with Gasteiger partial charge in [-0.25, -0.2) is 0 Å². The molecule has 1 aliphatic rings. The molecule has 0 amide bonds. The van der Waals surface area contributed by atoms with Crippen LogP contribution in [0.2, 0.25) is 0 Å². The van der Waals surface area contributed by atoms with E-state index in [2.05, 4.69) is 28.1 Å². The fourth-order valence-electron chi connectivity index (χ4n) is 2.74. The third-order valence-electron chi connectivity index (χ3n) is 3.56. The molecule has 0 spiro atoms. The Morgan fingerprint density at radius 1 is 1.35 bits per heavy atom. The Kier molecular flexibility index (Phi) is 4.46. The average Bonchev–Trinajstić information content (AvgIpc) is 2.82. The van der Waals surface area contributed by atoms with Gasteiger partial charge in [0.15, 0.2) is 0 Å². The van der Waals surface area contributed by atoms with E-state index in [1.165, 1.54) is 36.8 Å². The molecule has 1 fully saturated rings. The molecule has 0 heterocycles. The SMILES string of the molecule is COc1c(Br)cc(CCN)cc1C1CCCC1. The van der Waals surface area contributed by atoms with Gasteiger partial charge in [0.1, 0.15) is 5.75 Å². The van der Waals surface area contributed by atoms with Crippen molar-refractivity contribution in [3.63, 3.8) is 0 Å². The predicted octanol–water partition coefficient (Wildman–Crippen LogP) is 3.62. The zero-order chi connectivity index (χ0) is 12.3. The van der Waals surface area contributed by atoms with Crippen LogP contribution in [0.1, 0.15) is 42.7 Å². The Hall–Kier alpha value is -0.540. The van der Waals surface area contributed by atoms with E-state index >= 15 is 0 Å². The van der Waals surface area contributed by atoms with Crippen molar-refractivity contribution in [2.45, 2.75) is 38.0 Å². The van der Waals surface area contributed by atoms with Crippen molar-refractivity contribution in [1.82, 2.24) is 0 Å². The lowest BCUT2D eigenvalue weighted by Crippen LogP contribution is -2.05. The first-order valence-corrected chi connectivity index (χ1v) is 7.12. The highest BCUT2D eigenvalue weighted by Crippen LogP contribution is 2.42. The Balaban J connectivity index is 2.37. The Labute approximate surface area is 112 Å². The smallest absolute Gasteiger partial charge is 0.136 e. The van der Waals surface area contributed by atoms with Crippen molar-refractivity contribution >= 4 is 15.9 Å². The molecule has 0 unspecified atom stereocenters. The predicted molar refractivity (Wildman–Crippen MR) is 74.7 cm³/mol. The molecule has 1 aromatic carbocycles. The van der Waals surface area contributed by atoms with E-state index in [1.807, 2.05) is 0 Å². The van der Waals surface area contributed by atoms with Gasteiger partial charge < -0.3 is 10.5 Å². The van der Waals surface area contributed by atoms with Gasteiger partial charge >= 0.3 is 0 Å².